The molecule has 0 aromatic heterocycles. The molecule has 0 unspecified atom stereocenters. The zero-order valence-electron chi connectivity index (χ0n) is 40.6. The number of benzene rings is 3. The normalized spacial score (nSPS) is 14.9. The highest BCUT2D eigenvalue weighted by Gasteiger charge is 2.25. The first kappa shape index (κ1) is 53.8. The number of amides is 2. The second kappa shape index (κ2) is 29.8. The highest BCUT2D eigenvalue weighted by atomic mass is 16.5. The van der Waals surface area contributed by atoms with Crippen molar-refractivity contribution in [1.29, 1.82) is 0 Å². The van der Waals surface area contributed by atoms with Gasteiger partial charge >= 0.3 is 0 Å². The molecule has 3 aromatic carbocycles. The van der Waals surface area contributed by atoms with Crippen LogP contribution in [0.5, 0.6) is 5.75 Å². The monoisotopic (exact) mass is 894 g/mol. The molecular formula is C52H79N9O4. The molecule has 0 spiro atoms. The SMILES string of the molecule is C=C.C=N/C(CNC=O)=C(\C=N/CNc1ccc(N2CCC(CN3CCN(c4ccc(NC(=O)CCNCc5ccc(OC)cc5)c(C)c4)CC3)CC2)cc1)CCOC(C)(C)C.CCC. The number of carbonyl (C=O) groups is 2. The summed E-state index contributed by atoms with van der Waals surface area (Å²) < 4.78 is 11.1. The molecule has 0 atom stereocenters. The number of methoxy groups -OCH3 is 1. The Hall–Kier alpha value is -5.50. The second-order valence-corrected chi connectivity index (χ2v) is 17.3. The van der Waals surface area contributed by atoms with Crippen LogP contribution >= 0.6 is 0 Å². The Balaban J connectivity index is 0.00000215. The summed E-state index contributed by atoms with van der Waals surface area (Å²) in [6.07, 6.45) is 7.12. The Morgan fingerprint density at radius 3 is 2.14 bits per heavy atom. The lowest BCUT2D eigenvalue weighted by Gasteiger charge is -2.40. The molecule has 2 amide bonds. The van der Waals surface area contributed by atoms with Gasteiger partial charge in [0, 0.05) is 94.3 Å². The molecule has 0 saturated carbocycles. The molecule has 3 aromatic rings. The fraction of sp³-hybridized carbons (Fsp3) is 0.500. The zero-order valence-corrected chi connectivity index (χ0v) is 40.6. The van der Waals surface area contributed by atoms with Gasteiger partial charge in [-0.05, 0) is 131 Å². The van der Waals surface area contributed by atoms with E-state index in [1.165, 1.54) is 30.6 Å². The van der Waals surface area contributed by atoms with Crippen LogP contribution in [0, 0.1) is 12.8 Å². The third kappa shape index (κ3) is 20.1. The molecule has 2 heterocycles. The van der Waals surface area contributed by atoms with Crippen molar-refractivity contribution in [2.24, 2.45) is 15.9 Å². The number of hydrogen-bond donors (Lipinski definition) is 4. The van der Waals surface area contributed by atoms with Gasteiger partial charge in [0.25, 0.3) is 0 Å². The van der Waals surface area contributed by atoms with Gasteiger partial charge < -0.3 is 40.5 Å². The smallest absolute Gasteiger partial charge is 0.225 e. The van der Waals surface area contributed by atoms with Crippen LogP contribution in [0.15, 0.2) is 101 Å². The molecule has 4 N–H and O–H groups in total. The molecule has 356 valence electrons. The Morgan fingerprint density at radius 2 is 1.54 bits per heavy atom. The number of aliphatic imine (C=N–C) groups is 2. The molecule has 13 heteroatoms. The predicted molar refractivity (Wildman–Crippen MR) is 274 cm³/mol. The van der Waals surface area contributed by atoms with Gasteiger partial charge in [-0.3, -0.25) is 24.5 Å². The molecule has 2 saturated heterocycles. The molecule has 0 aliphatic carbocycles. The maximum atomic E-state index is 12.7. The largest absolute Gasteiger partial charge is 0.497 e. The third-order valence-electron chi connectivity index (χ3n) is 11.0. The minimum atomic E-state index is -0.245. The van der Waals surface area contributed by atoms with Crippen molar-refractivity contribution in [1.82, 2.24) is 15.5 Å². The summed E-state index contributed by atoms with van der Waals surface area (Å²) in [4.78, 5) is 39.9. The Labute approximate surface area is 390 Å². The van der Waals surface area contributed by atoms with Gasteiger partial charge in [-0.25, -0.2) is 0 Å². The second-order valence-electron chi connectivity index (χ2n) is 17.3. The van der Waals surface area contributed by atoms with Crippen LogP contribution in [0.3, 0.4) is 0 Å². The maximum absolute atomic E-state index is 12.7. The van der Waals surface area contributed by atoms with E-state index in [1.807, 2.05) is 51.1 Å². The van der Waals surface area contributed by atoms with Gasteiger partial charge in [0.05, 0.1) is 31.6 Å². The summed E-state index contributed by atoms with van der Waals surface area (Å²) >= 11 is 0. The molecule has 13 nitrogen and oxygen atoms in total. The van der Waals surface area contributed by atoms with Crippen molar-refractivity contribution in [2.75, 3.05) is 99.7 Å². The van der Waals surface area contributed by atoms with E-state index in [0.717, 1.165) is 79.6 Å². The summed E-state index contributed by atoms with van der Waals surface area (Å²) in [5.74, 6) is 1.56. The summed E-state index contributed by atoms with van der Waals surface area (Å²) in [5.41, 5.74) is 7.92. The van der Waals surface area contributed by atoms with Crippen molar-refractivity contribution in [3.8, 4) is 5.75 Å². The quantitative estimate of drug-likeness (QED) is 0.0338. The molecule has 5 rings (SSSR count). The van der Waals surface area contributed by atoms with Crippen LogP contribution in [0.2, 0.25) is 0 Å². The van der Waals surface area contributed by atoms with E-state index in [-0.39, 0.29) is 11.5 Å². The Morgan fingerprint density at radius 1 is 0.892 bits per heavy atom. The first-order valence-corrected chi connectivity index (χ1v) is 23.2. The lowest BCUT2D eigenvalue weighted by molar-refractivity contribution is -0.116. The summed E-state index contributed by atoms with van der Waals surface area (Å²) in [7, 11) is 1.66. The van der Waals surface area contributed by atoms with E-state index in [2.05, 4.69) is 123 Å². The molecule has 65 heavy (non-hydrogen) atoms. The number of nitrogens with one attached hydrogen (secondary N) is 4. The molecule has 2 aliphatic rings. The Kier molecular flexibility index (Phi) is 24.7. The summed E-state index contributed by atoms with van der Waals surface area (Å²) in [6.45, 7) is 32.0. The maximum Gasteiger partial charge on any atom is 0.225 e. The van der Waals surface area contributed by atoms with Gasteiger partial charge in [-0.2, -0.15) is 0 Å². The highest BCUT2D eigenvalue weighted by molar-refractivity contribution is 5.92. The topological polar surface area (TPSA) is 135 Å². The minimum Gasteiger partial charge on any atom is -0.497 e. The molecule has 2 aliphatic heterocycles. The van der Waals surface area contributed by atoms with Crippen molar-refractivity contribution in [2.45, 2.75) is 85.8 Å². The van der Waals surface area contributed by atoms with Gasteiger partial charge in [-0.15, -0.1) is 13.2 Å². The van der Waals surface area contributed by atoms with Crippen LogP contribution in [-0.4, -0.2) is 115 Å². The average Bonchev–Trinajstić information content (AvgIpc) is 3.31. The van der Waals surface area contributed by atoms with E-state index in [1.54, 1.807) is 13.3 Å². The zero-order chi connectivity index (χ0) is 47.5. The van der Waals surface area contributed by atoms with Crippen molar-refractivity contribution >= 4 is 48.0 Å². The fourth-order valence-electron chi connectivity index (χ4n) is 7.55. The lowest BCUT2D eigenvalue weighted by Crippen LogP contribution is -2.49. The van der Waals surface area contributed by atoms with Crippen LogP contribution in [0.25, 0.3) is 0 Å². The van der Waals surface area contributed by atoms with E-state index in [9.17, 15) is 9.59 Å². The van der Waals surface area contributed by atoms with Crippen LogP contribution in [0.4, 0.5) is 22.7 Å². The number of piperidine rings is 1. The number of ether oxygens (including phenoxy) is 2. The minimum absolute atomic E-state index is 0.0153. The molecular weight excluding hydrogens is 815 g/mol. The number of hydrogen-bond acceptors (Lipinski definition) is 11. The first-order chi connectivity index (χ1) is 31.4. The van der Waals surface area contributed by atoms with E-state index in [0.29, 0.717) is 63.8 Å². The summed E-state index contributed by atoms with van der Waals surface area (Å²) in [6, 6.07) is 23.0. The van der Waals surface area contributed by atoms with Crippen molar-refractivity contribution < 1.29 is 19.1 Å². The predicted octanol–water partition coefficient (Wildman–Crippen LogP) is 8.73. The molecule has 0 bridgehead atoms. The van der Waals surface area contributed by atoms with Gasteiger partial charge in [-0.1, -0.05) is 32.4 Å². The summed E-state index contributed by atoms with van der Waals surface area (Å²) in [5, 5.41) is 12.5. The van der Waals surface area contributed by atoms with Gasteiger partial charge in [0.1, 0.15) is 12.4 Å². The van der Waals surface area contributed by atoms with Gasteiger partial charge in [0.2, 0.25) is 12.3 Å². The number of nitrogens with zero attached hydrogens (tertiary/aromatic N) is 5. The number of carbonyl (C=O) groups excluding carboxylic acids is 2. The standard InChI is InChI=1S/C47H67N9O4.C3H8.C2H4/c1-36-29-42(13-16-44(36)53-46(58)17-21-49-30-37-7-14-43(59-6)15-8-37)56-26-24-54(25-27-56)33-38-18-22-55(23-19-38)41-11-9-40(10-12-41)52-34-50-31-39(20-28-60-47(2,3)4)45(48-5)32-51-35-57;1-3-2;1-2/h7-16,29,31,35,38,49,52H,5,17-28,30,32-34H2,1-4,6H3,(H,51,57)(H,53,58);3H2,1-2H3;1-2H2/b45-39-,50-31-;;. The number of aryl methyl sites for hydroxylation is 1. The number of anilines is 4. The number of rotatable bonds is 22. The molecule has 0 radical (unpaired) electrons. The van der Waals surface area contributed by atoms with E-state index in [4.69, 9.17) is 9.47 Å². The first-order valence-electron chi connectivity index (χ1n) is 23.2. The fourth-order valence-corrected chi connectivity index (χ4v) is 7.55. The lowest BCUT2D eigenvalue weighted by atomic mass is 9.95. The number of piperazine rings is 1. The highest BCUT2D eigenvalue weighted by Crippen LogP contribution is 2.27. The molecule has 2 fully saturated rings. The van der Waals surface area contributed by atoms with Crippen molar-refractivity contribution in [3.05, 3.63) is 102 Å². The van der Waals surface area contributed by atoms with E-state index >= 15 is 0 Å². The van der Waals surface area contributed by atoms with Crippen LogP contribution < -0.4 is 35.8 Å². The Bertz CT molecular complexity index is 1890. The average molecular weight is 894 g/mol. The van der Waals surface area contributed by atoms with Crippen LogP contribution in [0.1, 0.15) is 77.8 Å². The third-order valence-corrected chi connectivity index (χ3v) is 11.0. The van der Waals surface area contributed by atoms with E-state index < -0.39 is 0 Å². The van der Waals surface area contributed by atoms with Crippen molar-refractivity contribution in [3.63, 3.8) is 0 Å². The van der Waals surface area contributed by atoms with Crippen LogP contribution in [-0.2, 0) is 20.9 Å². The van der Waals surface area contributed by atoms with Gasteiger partial charge in [0.15, 0.2) is 0 Å².